The summed E-state index contributed by atoms with van der Waals surface area (Å²) in [5, 5.41) is 11.4. The van der Waals surface area contributed by atoms with Crippen molar-refractivity contribution in [2.24, 2.45) is 0 Å². The van der Waals surface area contributed by atoms with E-state index in [4.69, 9.17) is 4.74 Å². The second-order valence-electron chi connectivity index (χ2n) is 5.22. The van der Waals surface area contributed by atoms with Gasteiger partial charge in [0.15, 0.2) is 6.04 Å². The van der Waals surface area contributed by atoms with Gasteiger partial charge < -0.3 is 14.7 Å². The monoisotopic (exact) mass is 295 g/mol. The largest absolute Gasteiger partial charge is 0.479 e. The molecule has 20 heavy (non-hydrogen) atoms. The summed E-state index contributed by atoms with van der Waals surface area (Å²) < 4.78 is 5.47. The van der Waals surface area contributed by atoms with Crippen LogP contribution in [0.25, 0.3) is 0 Å². The average molecular weight is 295 g/mol. The maximum absolute atomic E-state index is 12.4. The van der Waals surface area contributed by atoms with Crippen molar-refractivity contribution >= 4 is 23.2 Å². The predicted molar refractivity (Wildman–Crippen MR) is 73.7 cm³/mol. The second-order valence-corrected chi connectivity index (χ2v) is 6.22. The molecular weight excluding hydrogens is 278 g/mol. The Kier molecular flexibility index (Phi) is 3.76. The molecule has 3 heterocycles. The number of carboxylic acid groups (broad SMARTS) is 1. The normalized spacial score (nSPS) is 25.5. The highest BCUT2D eigenvalue weighted by Gasteiger charge is 2.37. The lowest BCUT2D eigenvalue weighted by Gasteiger charge is -2.33. The highest BCUT2D eigenvalue weighted by Crippen LogP contribution is 2.34. The molecule has 0 radical (unpaired) electrons. The van der Waals surface area contributed by atoms with Gasteiger partial charge >= 0.3 is 5.97 Å². The van der Waals surface area contributed by atoms with E-state index in [0.717, 1.165) is 29.7 Å². The zero-order chi connectivity index (χ0) is 14.1. The zero-order valence-corrected chi connectivity index (χ0v) is 11.9. The van der Waals surface area contributed by atoms with Gasteiger partial charge in [0.1, 0.15) is 0 Å². The van der Waals surface area contributed by atoms with Gasteiger partial charge in [-0.3, -0.25) is 4.79 Å². The molecule has 108 valence electrons. The summed E-state index contributed by atoms with van der Waals surface area (Å²) in [6.45, 7) is 1.19. The third kappa shape index (κ3) is 2.45. The zero-order valence-electron chi connectivity index (χ0n) is 11.1. The van der Waals surface area contributed by atoms with Crippen molar-refractivity contribution in [3.8, 4) is 0 Å². The van der Waals surface area contributed by atoms with Crippen LogP contribution in [0, 0.1) is 0 Å². The molecule has 2 aliphatic rings. The number of carbonyl (C=O) groups excluding carboxylic acids is 1. The Bertz CT molecular complexity index is 521. The first kappa shape index (κ1) is 13.6. The fourth-order valence-corrected chi connectivity index (χ4v) is 3.87. The maximum Gasteiger partial charge on any atom is 0.331 e. The standard InChI is InChI=1S/C14H17NO4S/c16-12(8-9-2-1-6-19-9)15-5-3-11-10(4-7-20-11)13(15)14(17)18/h4,7,9,13H,1-3,5-6,8H2,(H,17,18). The van der Waals surface area contributed by atoms with E-state index in [9.17, 15) is 14.7 Å². The quantitative estimate of drug-likeness (QED) is 0.924. The predicted octanol–water partition coefficient (Wildman–Crippen LogP) is 1.83. The lowest BCUT2D eigenvalue weighted by atomic mass is 9.99. The molecule has 0 spiro atoms. The molecule has 1 aromatic rings. The van der Waals surface area contributed by atoms with E-state index in [-0.39, 0.29) is 12.0 Å². The summed E-state index contributed by atoms with van der Waals surface area (Å²) in [5.41, 5.74) is 0.773. The number of ether oxygens (including phenoxy) is 1. The summed E-state index contributed by atoms with van der Waals surface area (Å²) in [7, 11) is 0. The summed E-state index contributed by atoms with van der Waals surface area (Å²) in [6, 6.07) is 0.989. The van der Waals surface area contributed by atoms with Crippen molar-refractivity contribution in [2.45, 2.75) is 37.8 Å². The molecule has 0 aliphatic carbocycles. The second kappa shape index (κ2) is 5.54. The lowest BCUT2D eigenvalue weighted by Crippen LogP contribution is -2.44. The highest BCUT2D eigenvalue weighted by molar-refractivity contribution is 7.10. The van der Waals surface area contributed by atoms with Gasteiger partial charge in [0.05, 0.1) is 12.5 Å². The van der Waals surface area contributed by atoms with Gasteiger partial charge in [-0.1, -0.05) is 0 Å². The number of aliphatic carboxylic acids is 1. The molecule has 0 bridgehead atoms. The van der Waals surface area contributed by atoms with Gasteiger partial charge in [-0.2, -0.15) is 0 Å². The molecule has 1 saturated heterocycles. The molecule has 1 amide bonds. The topological polar surface area (TPSA) is 66.8 Å². The van der Waals surface area contributed by atoms with Crippen LogP contribution in [0.5, 0.6) is 0 Å². The van der Waals surface area contributed by atoms with Crippen molar-refractivity contribution in [1.29, 1.82) is 0 Å². The van der Waals surface area contributed by atoms with Crippen LogP contribution in [0.2, 0.25) is 0 Å². The maximum atomic E-state index is 12.4. The summed E-state index contributed by atoms with van der Waals surface area (Å²) in [4.78, 5) is 26.5. The van der Waals surface area contributed by atoms with Gasteiger partial charge in [-0.05, 0) is 36.3 Å². The van der Waals surface area contributed by atoms with Crippen LogP contribution >= 0.6 is 11.3 Å². The minimum atomic E-state index is -0.954. The molecular formula is C14H17NO4S. The molecule has 0 saturated carbocycles. The first-order valence-electron chi connectivity index (χ1n) is 6.87. The number of carboxylic acids is 1. The summed E-state index contributed by atoms with van der Waals surface area (Å²) in [6.07, 6.45) is 2.87. The van der Waals surface area contributed by atoms with Crippen LogP contribution in [0.3, 0.4) is 0 Å². The minimum absolute atomic E-state index is 0.0409. The fourth-order valence-electron chi connectivity index (χ4n) is 2.97. The van der Waals surface area contributed by atoms with Crippen molar-refractivity contribution in [3.05, 3.63) is 21.9 Å². The minimum Gasteiger partial charge on any atom is -0.479 e. The Labute approximate surface area is 121 Å². The van der Waals surface area contributed by atoms with Crippen LogP contribution in [-0.2, 0) is 20.7 Å². The lowest BCUT2D eigenvalue weighted by molar-refractivity contribution is -0.152. The smallest absolute Gasteiger partial charge is 0.331 e. The number of fused-ring (bicyclic) bond motifs is 1. The number of carbonyl (C=O) groups is 2. The Hall–Kier alpha value is -1.40. The number of amides is 1. The van der Waals surface area contributed by atoms with E-state index in [0.29, 0.717) is 19.6 Å². The molecule has 2 unspecified atom stereocenters. The van der Waals surface area contributed by atoms with Crippen LogP contribution in [0.15, 0.2) is 11.4 Å². The Morgan fingerprint density at radius 3 is 3.05 bits per heavy atom. The number of rotatable bonds is 3. The van der Waals surface area contributed by atoms with Crippen molar-refractivity contribution in [3.63, 3.8) is 0 Å². The van der Waals surface area contributed by atoms with E-state index in [2.05, 4.69) is 0 Å². The average Bonchev–Trinajstić information content (AvgIpc) is 3.06. The van der Waals surface area contributed by atoms with E-state index in [1.807, 2.05) is 11.4 Å². The van der Waals surface area contributed by atoms with E-state index in [1.54, 1.807) is 11.3 Å². The number of nitrogens with zero attached hydrogens (tertiary/aromatic N) is 1. The molecule has 5 nitrogen and oxygen atoms in total. The number of thiophene rings is 1. The molecule has 2 atom stereocenters. The van der Waals surface area contributed by atoms with Crippen LogP contribution < -0.4 is 0 Å². The van der Waals surface area contributed by atoms with Gasteiger partial charge in [0.2, 0.25) is 5.91 Å². The third-order valence-electron chi connectivity index (χ3n) is 3.95. The molecule has 1 fully saturated rings. The molecule has 6 heteroatoms. The molecule has 1 N–H and O–H groups in total. The van der Waals surface area contributed by atoms with Gasteiger partial charge in [0, 0.05) is 18.0 Å². The molecule has 3 rings (SSSR count). The first-order valence-corrected chi connectivity index (χ1v) is 7.75. The Morgan fingerprint density at radius 1 is 1.50 bits per heavy atom. The van der Waals surface area contributed by atoms with Gasteiger partial charge in [-0.15, -0.1) is 11.3 Å². The van der Waals surface area contributed by atoms with E-state index < -0.39 is 12.0 Å². The number of hydrogen-bond acceptors (Lipinski definition) is 4. The van der Waals surface area contributed by atoms with Crippen molar-refractivity contribution in [1.82, 2.24) is 4.90 Å². The summed E-state index contributed by atoms with van der Waals surface area (Å²) in [5.74, 6) is -1.06. The van der Waals surface area contributed by atoms with Crippen LogP contribution in [0.1, 0.15) is 35.7 Å². The van der Waals surface area contributed by atoms with Crippen molar-refractivity contribution in [2.75, 3.05) is 13.2 Å². The SMILES string of the molecule is O=C(O)C1c2ccsc2CCN1C(=O)CC1CCCO1. The van der Waals surface area contributed by atoms with E-state index in [1.165, 1.54) is 4.90 Å². The van der Waals surface area contributed by atoms with Gasteiger partial charge in [0.25, 0.3) is 0 Å². The van der Waals surface area contributed by atoms with Gasteiger partial charge in [-0.25, -0.2) is 4.79 Å². The molecule has 0 aromatic carbocycles. The van der Waals surface area contributed by atoms with E-state index >= 15 is 0 Å². The molecule has 2 aliphatic heterocycles. The Morgan fingerprint density at radius 2 is 2.35 bits per heavy atom. The highest BCUT2D eigenvalue weighted by atomic mass is 32.1. The summed E-state index contributed by atoms with van der Waals surface area (Å²) >= 11 is 1.57. The van der Waals surface area contributed by atoms with Crippen molar-refractivity contribution < 1.29 is 19.4 Å². The third-order valence-corrected chi connectivity index (χ3v) is 4.94. The molecule has 1 aromatic heterocycles. The number of hydrogen-bond donors (Lipinski definition) is 1. The van der Waals surface area contributed by atoms with Crippen LogP contribution in [-0.4, -0.2) is 41.1 Å². The first-order chi connectivity index (χ1) is 9.66. The fraction of sp³-hybridized carbons (Fsp3) is 0.571. The van der Waals surface area contributed by atoms with Crippen LogP contribution in [0.4, 0.5) is 0 Å². The Balaban J connectivity index is 1.78.